The third kappa shape index (κ3) is 15.1. The van der Waals surface area contributed by atoms with Crippen LogP contribution >= 0.6 is 0 Å². The second-order valence-corrected chi connectivity index (χ2v) is 16.6. The van der Waals surface area contributed by atoms with E-state index in [-0.39, 0.29) is 71.8 Å². The number of nitrogens with two attached hydrogens (primary N) is 1. The predicted octanol–water partition coefficient (Wildman–Crippen LogP) is 8.43. The number of ether oxygens (including phenoxy) is 2. The third-order valence-corrected chi connectivity index (χ3v) is 10.9. The smallest absolute Gasteiger partial charge is 0.414 e. The van der Waals surface area contributed by atoms with Gasteiger partial charge in [0, 0.05) is 49.2 Å². The van der Waals surface area contributed by atoms with Crippen LogP contribution in [0.4, 0.5) is 55.5 Å². The van der Waals surface area contributed by atoms with Crippen molar-refractivity contribution in [2.45, 2.75) is 64.5 Å². The van der Waals surface area contributed by atoms with Crippen molar-refractivity contribution in [3.8, 4) is 33.9 Å². The number of anilines is 2. The van der Waals surface area contributed by atoms with E-state index in [1.54, 1.807) is 0 Å². The summed E-state index contributed by atoms with van der Waals surface area (Å²) in [5.41, 5.74) is 8.25. The Balaban J connectivity index is 0.000000207. The number of amides is 3. The highest BCUT2D eigenvalue weighted by Gasteiger charge is 2.38. The minimum Gasteiger partial charge on any atom is -0.481 e. The normalized spacial score (nSPS) is 16.3. The summed E-state index contributed by atoms with van der Waals surface area (Å²) in [7, 11) is 0. The maximum absolute atomic E-state index is 14.5. The number of benzene rings is 4. The molecule has 0 unspecified atom stereocenters. The zero-order valence-corrected chi connectivity index (χ0v) is 38.3. The van der Waals surface area contributed by atoms with Crippen LogP contribution in [0.25, 0.3) is 33.9 Å². The van der Waals surface area contributed by atoms with Gasteiger partial charge >= 0.3 is 18.3 Å². The van der Waals surface area contributed by atoms with Crippen LogP contribution in [0.5, 0.6) is 0 Å². The summed E-state index contributed by atoms with van der Waals surface area (Å²) in [6.45, 7) is 1.28. The number of aliphatic carboxylic acids is 1. The minimum absolute atomic E-state index is 0.0287. The fourth-order valence-corrected chi connectivity index (χ4v) is 7.00. The first-order chi connectivity index (χ1) is 34.3. The van der Waals surface area contributed by atoms with Gasteiger partial charge in [-0.2, -0.15) is 31.4 Å². The number of rotatable bonds is 13. The lowest BCUT2D eigenvalue weighted by atomic mass is 10.1. The van der Waals surface area contributed by atoms with Crippen LogP contribution < -0.4 is 21.7 Å². The molecule has 0 aliphatic carbocycles. The van der Waals surface area contributed by atoms with Gasteiger partial charge in [0.25, 0.3) is 0 Å². The molecule has 25 heteroatoms. The molecule has 388 valence electrons. The predicted molar refractivity (Wildman–Crippen MR) is 241 cm³/mol. The first kappa shape index (κ1) is 54.5. The molecule has 15 nitrogen and oxygen atoms in total. The van der Waals surface area contributed by atoms with Crippen molar-refractivity contribution in [3.05, 3.63) is 131 Å². The summed E-state index contributed by atoms with van der Waals surface area (Å²) in [5.74, 6) is -4.92. The second-order valence-electron chi connectivity index (χ2n) is 16.6. The summed E-state index contributed by atoms with van der Waals surface area (Å²) in [6, 6.07) is 21.0. The number of nitrogen functional groups attached to an aromatic ring is 1. The monoisotopic (exact) mass is 1030 g/mol. The van der Waals surface area contributed by atoms with Crippen molar-refractivity contribution in [2.24, 2.45) is 11.8 Å². The highest BCUT2D eigenvalue weighted by molar-refractivity contribution is 5.97. The van der Waals surface area contributed by atoms with Gasteiger partial charge in [-0.25, -0.2) is 26.9 Å². The van der Waals surface area contributed by atoms with Crippen LogP contribution in [0.1, 0.15) is 37.8 Å². The molecule has 2 saturated heterocycles. The summed E-state index contributed by atoms with van der Waals surface area (Å²) >= 11 is 0. The molecule has 6 N–H and O–H groups in total. The Hall–Kier alpha value is -7.80. The standard InChI is InChI=1S/C24H21F5N4O3.C19H16F5N3O.C5H7NO3/c1-13(24(27,28)29)36-12-14-6-15(8-18(26)7-14)20-10-21(31-23(35)16-9-22(34)30-11-16)32-33(20)19-4-2-17(25)3-5-19;1-11(19(22,23)24)28-10-12-6-13(8-15(21)7-12)17-9-18(25)26-27(17)16-4-2-14(20)3-5-16;7-4-1-3(2-6-4)5(8)9/h2-8,10,13,16H,9,11-12H2,1H3,(H,30,34)(H,31,32,35);2-9,11H,10H2,1H3,(H2,25,26);3H,1-2H2,(H,6,7)(H,8,9)/t13-,16+;11-;3-/m110/s1. The number of halogens is 10. The average Bonchev–Trinajstić information content (AvgIpc) is 4.15. The Morgan fingerprint density at radius 1 is 0.658 bits per heavy atom. The van der Waals surface area contributed by atoms with E-state index in [9.17, 15) is 63.1 Å². The molecule has 0 bridgehead atoms. The van der Waals surface area contributed by atoms with Crippen molar-refractivity contribution in [1.29, 1.82) is 0 Å². The van der Waals surface area contributed by atoms with Crippen molar-refractivity contribution in [3.63, 3.8) is 0 Å². The quantitative estimate of drug-likeness (QED) is 0.0699. The molecule has 3 amide bonds. The zero-order chi connectivity index (χ0) is 53.4. The molecule has 0 spiro atoms. The summed E-state index contributed by atoms with van der Waals surface area (Å²) < 4.78 is 144. The van der Waals surface area contributed by atoms with Gasteiger partial charge in [-0.15, -0.1) is 5.10 Å². The van der Waals surface area contributed by atoms with Crippen LogP contribution in [0.2, 0.25) is 0 Å². The van der Waals surface area contributed by atoms with Gasteiger partial charge in [-0.1, -0.05) is 0 Å². The van der Waals surface area contributed by atoms with E-state index in [2.05, 4.69) is 26.1 Å². The van der Waals surface area contributed by atoms with Crippen molar-refractivity contribution in [1.82, 2.24) is 30.2 Å². The van der Waals surface area contributed by atoms with E-state index < -0.39 is 84.8 Å². The first-order valence-corrected chi connectivity index (χ1v) is 21.8. The molecule has 4 heterocycles. The Kier molecular flexibility index (Phi) is 17.3. The van der Waals surface area contributed by atoms with Crippen LogP contribution in [-0.2, 0) is 41.9 Å². The first-order valence-electron chi connectivity index (χ1n) is 21.8. The largest absolute Gasteiger partial charge is 0.481 e. The number of aromatic nitrogens is 4. The van der Waals surface area contributed by atoms with Crippen molar-refractivity contribution in [2.75, 3.05) is 24.1 Å². The van der Waals surface area contributed by atoms with Gasteiger partial charge in [0.05, 0.1) is 47.8 Å². The number of carboxylic acid groups (broad SMARTS) is 1. The molecule has 8 rings (SSSR count). The van der Waals surface area contributed by atoms with Crippen molar-refractivity contribution < 1.29 is 77.7 Å². The molecule has 0 radical (unpaired) electrons. The molecular formula is C48H44F10N8O7. The zero-order valence-electron chi connectivity index (χ0n) is 38.3. The van der Waals surface area contributed by atoms with E-state index in [1.807, 2.05) is 0 Å². The third-order valence-electron chi connectivity index (χ3n) is 10.9. The van der Waals surface area contributed by atoms with Gasteiger partial charge in [0.1, 0.15) is 29.1 Å². The fraction of sp³-hybridized carbons (Fsp3) is 0.292. The molecule has 2 aliphatic heterocycles. The van der Waals surface area contributed by atoms with Gasteiger partial charge < -0.3 is 36.3 Å². The number of alkyl halides is 6. The highest BCUT2D eigenvalue weighted by atomic mass is 19.4. The molecule has 4 atom stereocenters. The van der Waals surface area contributed by atoms with Gasteiger partial charge in [-0.3, -0.25) is 19.2 Å². The Bertz CT molecular complexity index is 2930. The summed E-state index contributed by atoms with van der Waals surface area (Å²) in [5, 5.41) is 24.4. The Morgan fingerprint density at radius 2 is 1.08 bits per heavy atom. The Morgan fingerprint density at radius 3 is 1.48 bits per heavy atom. The number of carboxylic acids is 1. The molecular weight excluding hydrogens is 991 g/mol. The molecule has 4 aromatic carbocycles. The van der Waals surface area contributed by atoms with Gasteiger partial charge in [-0.05, 0) is 110 Å². The van der Waals surface area contributed by atoms with Gasteiger partial charge in [0.2, 0.25) is 17.7 Å². The van der Waals surface area contributed by atoms with Gasteiger partial charge in [0.15, 0.2) is 18.0 Å². The molecule has 0 saturated carbocycles. The molecule has 2 aromatic heterocycles. The van der Waals surface area contributed by atoms with E-state index >= 15 is 0 Å². The number of hydrogen-bond acceptors (Lipinski definition) is 9. The average molecular weight is 1030 g/mol. The SMILES string of the molecule is C[C@@H](OCc1cc(F)cc(-c2cc(N)nn2-c2ccc(F)cc2)c1)C(F)(F)F.C[C@@H](OCc1cc(F)cc(-c2cc(NC(=O)[C@@H]3CNC(=O)C3)nn2-c2ccc(F)cc2)c1)C(F)(F)F.O=C1C[C@H](C(=O)O)CN1. The van der Waals surface area contributed by atoms with Crippen LogP contribution in [0, 0.1) is 35.1 Å². The molecule has 73 heavy (non-hydrogen) atoms. The second kappa shape index (κ2) is 23.2. The maximum Gasteiger partial charge on any atom is 0.414 e. The lowest BCUT2D eigenvalue weighted by Gasteiger charge is -2.16. The fourth-order valence-electron chi connectivity index (χ4n) is 7.00. The number of nitrogens with one attached hydrogen (secondary N) is 3. The van der Waals surface area contributed by atoms with E-state index in [1.165, 1.54) is 88.2 Å². The van der Waals surface area contributed by atoms with Crippen LogP contribution in [0.3, 0.4) is 0 Å². The number of carbonyl (C=O) groups excluding carboxylic acids is 3. The van der Waals surface area contributed by atoms with E-state index in [0.717, 1.165) is 32.0 Å². The van der Waals surface area contributed by atoms with Crippen LogP contribution in [0.15, 0.2) is 97.1 Å². The molecule has 2 fully saturated rings. The van der Waals surface area contributed by atoms with E-state index in [4.69, 9.17) is 20.3 Å². The van der Waals surface area contributed by atoms with Crippen molar-refractivity contribution >= 4 is 35.3 Å². The van der Waals surface area contributed by atoms with Crippen LogP contribution in [-0.4, -0.2) is 86.0 Å². The lowest BCUT2D eigenvalue weighted by Crippen LogP contribution is -2.28. The summed E-state index contributed by atoms with van der Waals surface area (Å²) in [6.07, 6.45) is -12.9. The number of carbonyl (C=O) groups is 4. The summed E-state index contributed by atoms with van der Waals surface area (Å²) in [4.78, 5) is 44.5. The maximum atomic E-state index is 14.5. The highest BCUT2D eigenvalue weighted by Crippen LogP contribution is 2.32. The Labute approximate surface area is 408 Å². The lowest BCUT2D eigenvalue weighted by molar-refractivity contribution is -0.217. The minimum atomic E-state index is -4.57. The number of hydrogen-bond donors (Lipinski definition) is 5. The topological polar surface area (TPSA) is 205 Å². The molecule has 6 aromatic rings. The number of nitrogens with zero attached hydrogens (tertiary/aromatic N) is 4. The van der Waals surface area contributed by atoms with E-state index in [0.29, 0.717) is 22.6 Å². The molecule has 2 aliphatic rings.